The fourth-order valence-electron chi connectivity index (χ4n) is 2.40. The van der Waals surface area contributed by atoms with Crippen LogP contribution < -0.4 is 15.6 Å². The molecule has 0 saturated heterocycles. The Morgan fingerprint density at radius 3 is 3.00 bits per heavy atom. The maximum atomic E-state index is 11.9. The number of rotatable bonds is 9. The van der Waals surface area contributed by atoms with Gasteiger partial charge in [0.15, 0.2) is 0 Å². The number of nitrogens with one attached hydrogen (secondary N) is 1. The number of nitrogens with zero attached hydrogens (tertiary/aromatic N) is 3. The monoisotopic (exact) mass is 372 g/mol. The van der Waals surface area contributed by atoms with Crippen LogP contribution >= 0.6 is 11.6 Å². The number of aryl methyl sites for hydroxylation is 1. The van der Waals surface area contributed by atoms with E-state index in [4.69, 9.17) is 21.6 Å². The molecule has 0 atom stereocenters. The molecule has 26 heavy (non-hydrogen) atoms. The summed E-state index contributed by atoms with van der Waals surface area (Å²) in [5, 5.41) is 16.3. The van der Waals surface area contributed by atoms with Gasteiger partial charge in [-0.25, -0.2) is 4.68 Å². The van der Waals surface area contributed by atoms with Crippen molar-refractivity contribution >= 4 is 17.3 Å². The molecule has 0 spiro atoms. The van der Waals surface area contributed by atoms with Crippen molar-refractivity contribution in [1.82, 2.24) is 9.78 Å². The van der Waals surface area contributed by atoms with Crippen molar-refractivity contribution in [3.63, 3.8) is 0 Å². The van der Waals surface area contributed by atoms with Gasteiger partial charge in [-0.05, 0) is 43.5 Å². The average molecular weight is 373 g/mol. The number of ether oxygens (including phenoxy) is 1. The fourth-order valence-corrected chi connectivity index (χ4v) is 2.61. The lowest BCUT2D eigenvalue weighted by Gasteiger charge is -2.12. The van der Waals surface area contributed by atoms with E-state index >= 15 is 0 Å². The molecule has 0 amide bonds. The van der Waals surface area contributed by atoms with Gasteiger partial charge in [0.1, 0.15) is 10.8 Å². The summed E-state index contributed by atoms with van der Waals surface area (Å²) in [6, 6.07) is 7.46. The lowest BCUT2D eigenvalue weighted by Crippen LogP contribution is -2.23. The Labute approximate surface area is 157 Å². The topological polar surface area (TPSA) is 79.9 Å². The van der Waals surface area contributed by atoms with E-state index in [1.54, 1.807) is 24.4 Å². The Morgan fingerprint density at radius 2 is 2.31 bits per heavy atom. The number of aromatic nitrogens is 2. The first-order valence-corrected chi connectivity index (χ1v) is 8.74. The zero-order valence-corrected chi connectivity index (χ0v) is 15.4. The molecular formula is C19H21ClN4O2. The quantitative estimate of drug-likeness (QED) is 0.539. The summed E-state index contributed by atoms with van der Waals surface area (Å²) in [5.74, 6) is 0.745. The lowest BCUT2D eigenvalue weighted by molar-refractivity contribution is 0.312. The van der Waals surface area contributed by atoms with Crippen LogP contribution in [0.15, 0.2) is 41.8 Å². The van der Waals surface area contributed by atoms with Crippen LogP contribution in [0.25, 0.3) is 0 Å². The molecule has 0 aliphatic heterocycles. The first-order valence-electron chi connectivity index (χ1n) is 8.36. The Bertz CT molecular complexity index is 871. The normalized spacial score (nSPS) is 10.2. The van der Waals surface area contributed by atoms with Crippen molar-refractivity contribution in [2.45, 2.75) is 26.3 Å². The molecule has 1 heterocycles. The molecule has 7 heteroatoms. The van der Waals surface area contributed by atoms with Gasteiger partial charge in [-0.2, -0.15) is 10.4 Å². The smallest absolute Gasteiger partial charge is 0.287 e. The van der Waals surface area contributed by atoms with Gasteiger partial charge in [-0.1, -0.05) is 17.7 Å². The van der Waals surface area contributed by atoms with E-state index in [1.807, 2.05) is 13.0 Å². The number of benzene rings is 1. The average Bonchev–Trinajstić information content (AvgIpc) is 2.66. The van der Waals surface area contributed by atoms with Gasteiger partial charge in [0.25, 0.3) is 5.56 Å². The highest BCUT2D eigenvalue weighted by Gasteiger charge is 2.08. The molecular weight excluding hydrogens is 352 g/mol. The molecule has 1 aromatic heterocycles. The molecule has 0 aliphatic rings. The van der Waals surface area contributed by atoms with Gasteiger partial charge in [-0.15, -0.1) is 6.58 Å². The van der Waals surface area contributed by atoms with Crippen molar-refractivity contribution in [3.8, 4) is 11.8 Å². The van der Waals surface area contributed by atoms with Crippen LogP contribution in [0.2, 0.25) is 5.02 Å². The number of allylic oxidation sites excluding steroid dienone is 1. The second-order valence-electron chi connectivity index (χ2n) is 5.55. The van der Waals surface area contributed by atoms with Crippen LogP contribution in [0.3, 0.4) is 0 Å². The van der Waals surface area contributed by atoms with E-state index in [0.29, 0.717) is 43.8 Å². The van der Waals surface area contributed by atoms with E-state index in [9.17, 15) is 4.79 Å². The summed E-state index contributed by atoms with van der Waals surface area (Å²) in [5.41, 5.74) is 1.75. The van der Waals surface area contributed by atoms with Crippen molar-refractivity contribution in [2.24, 2.45) is 0 Å². The van der Waals surface area contributed by atoms with Crippen molar-refractivity contribution < 1.29 is 4.74 Å². The number of halogens is 1. The summed E-state index contributed by atoms with van der Waals surface area (Å²) in [6.45, 7) is 7.11. The van der Waals surface area contributed by atoms with Crippen LogP contribution in [0.5, 0.6) is 5.75 Å². The first kappa shape index (κ1) is 19.5. The van der Waals surface area contributed by atoms with E-state index in [1.165, 1.54) is 4.68 Å². The second-order valence-corrected chi connectivity index (χ2v) is 5.93. The van der Waals surface area contributed by atoms with Crippen LogP contribution in [0.4, 0.5) is 5.69 Å². The van der Waals surface area contributed by atoms with Crippen LogP contribution in [-0.4, -0.2) is 22.9 Å². The van der Waals surface area contributed by atoms with E-state index in [0.717, 1.165) is 11.3 Å². The third kappa shape index (κ3) is 4.87. The summed E-state index contributed by atoms with van der Waals surface area (Å²) in [7, 11) is 0. The Hall–Kier alpha value is -2.78. The summed E-state index contributed by atoms with van der Waals surface area (Å²) < 4.78 is 7.11. The molecule has 0 unspecified atom stereocenters. The molecule has 136 valence electrons. The first-order chi connectivity index (χ1) is 12.6. The molecule has 2 rings (SSSR count). The highest BCUT2D eigenvalue weighted by Crippen LogP contribution is 2.21. The number of hydrogen-bond acceptors (Lipinski definition) is 5. The van der Waals surface area contributed by atoms with Crippen molar-refractivity contribution in [1.29, 1.82) is 5.26 Å². The molecule has 0 fully saturated rings. The molecule has 0 bridgehead atoms. The number of hydrogen-bond donors (Lipinski definition) is 1. The zero-order valence-electron chi connectivity index (χ0n) is 14.7. The molecule has 1 N–H and O–H groups in total. The van der Waals surface area contributed by atoms with E-state index < -0.39 is 0 Å². The van der Waals surface area contributed by atoms with Gasteiger partial charge in [0.05, 0.1) is 30.1 Å². The van der Waals surface area contributed by atoms with Crippen molar-refractivity contribution in [3.05, 3.63) is 63.6 Å². The minimum absolute atomic E-state index is 0.142. The maximum Gasteiger partial charge on any atom is 0.287 e. The predicted molar refractivity (Wildman–Crippen MR) is 103 cm³/mol. The largest absolute Gasteiger partial charge is 0.493 e. The van der Waals surface area contributed by atoms with Crippen LogP contribution in [-0.2, 0) is 13.0 Å². The highest BCUT2D eigenvalue weighted by molar-refractivity contribution is 6.32. The van der Waals surface area contributed by atoms with E-state index in [-0.39, 0.29) is 10.6 Å². The van der Waals surface area contributed by atoms with Gasteiger partial charge in [0, 0.05) is 13.1 Å². The van der Waals surface area contributed by atoms with Gasteiger partial charge in [-0.3, -0.25) is 4.79 Å². The minimum atomic E-state index is -0.304. The minimum Gasteiger partial charge on any atom is -0.493 e. The van der Waals surface area contributed by atoms with Crippen molar-refractivity contribution in [2.75, 3.05) is 18.5 Å². The fraction of sp³-hybridized carbons (Fsp3) is 0.316. The SMILES string of the molecule is C=CCc1cc(C#N)ccc1OCCCNc1cnn(CC)c(=O)c1Cl. The molecule has 1 aromatic carbocycles. The van der Waals surface area contributed by atoms with Gasteiger partial charge < -0.3 is 10.1 Å². The van der Waals surface area contributed by atoms with E-state index in [2.05, 4.69) is 23.1 Å². The van der Waals surface area contributed by atoms with Crippen LogP contribution in [0.1, 0.15) is 24.5 Å². The Balaban J connectivity index is 1.88. The summed E-state index contributed by atoms with van der Waals surface area (Å²) in [4.78, 5) is 11.9. The molecule has 0 aliphatic carbocycles. The summed E-state index contributed by atoms with van der Waals surface area (Å²) >= 11 is 6.07. The molecule has 2 aromatic rings. The Kier molecular flexibility index (Phi) is 7.24. The maximum absolute atomic E-state index is 11.9. The molecule has 0 saturated carbocycles. The van der Waals surface area contributed by atoms with Gasteiger partial charge >= 0.3 is 0 Å². The molecule has 0 radical (unpaired) electrons. The highest BCUT2D eigenvalue weighted by atomic mass is 35.5. The Morgan fingerprint density at radius 1 is 1.50 bits per heavy atom. The lowest BCUT2D eigenvalue weighted by atomic mass is 10.1. The third-order valence-electron chi connectivity index (χ3n) is 3.73. The van der Waals surface area contributed by atoms with Crippen LogP contribution in [0, 0.1) is 11.3 Å². The number of anilines is 1. The zero-order chi connectivity index (χ0) is 18.9. The van der Waals surface area contributed by atoms with Gasteiger partial charge in [0.2, 0.25) is 0 Å². The summed E-state index contributed by atoms with van der Waals surface area (Å²) in [6.07, 6.45) is 4.67. The standard InChI is InChI=1S/C19H21ClN4O2/c1-3-6-15-11-14(12-21)7-8-17(15)26-10-5-9-22-16-13-23-24(4-2)19(25)18(16)20/h3,7-8,11,13,22H,1,4-6,9-10H2,2H3. The predicted octanol–water partition coefficient (Wildman–Crippen LogP) is 3.40. The third-order valence-corrected chi connectivity index (χ3v) is 4.10. The second kappa shape index (κ2) is 9.64. The molecule has 6 nitrogen and oxygen atoms in total. The number of nitriles is 1.